The number of allylic oxidation sites excluding steroid dienone is 1. The normalized spacial score (nSPS) is 20.0. The van der Waals surface area contributed by atoms with Gasteiger partial charge in [-0.05, 0) is 37.1 Å². The van der Waals surface area contributed by atoms with Crippen LogP contribution in [-0.4, -0.2) is 40.3 Å². The van der Waals surface area contributed by atoms with Gasteiger partial charge in [0.15, 0.2) is 5.17 Å². The highest BCUT2D eigenvalue weighted by atomic mass is 32.2. The number of aliphatic imine (C=N–C) groups is 1. The summed E-state index contributed by atoms with van der Waals surface area (Å²) in [5.41, 5.74) is 2.73. The summed E-state index contributed by atoms with van der Waals surface area (Å²) in [7, 11) is 1.31. The van der Waals surface area contributed by atoms with E-state index in [2.05, 4.69) is 4.99 Å². The van der Waals surface area contributed by atoms with Crippen LogP contribution in [0.1, 0.15) is 41.4 Å². The van der Waals surface area contributed by atoms with Gasteiger partial charge in [-0.2, -0.15) is 0 Å². The van der Waals surface area contributed by atoms with Crippen LogP contribution in [0.4, 0.5) is 0 Å². The van der Waals surface area contributed by atoms with Crippen molar-refractivity contribution in [2.24, 2.45) is 4.99 Å². The number of benzene rings is 2. The highest BCUT2D eigenvalue weighted by molar-refractivity contribution is 8.15. The van der Waals surface area contributed by atoms with Crippen molar-refractivity contribution in [3.63, 3.8) is 0 Å². The molecule has 2 aromatic carbocycles. The molecule has 0 unspecified atom stereocenters. The molecule has 2 atom stereocenters. The largest absolute Gasteiger partial charge is 0.465 e. The van der Waals surface area contributed by atoms with Gasteiger partial charge >= 0.3 is 11.9 Å². The highest BCUT2D eigenvalue weighted by Crippen LogP contribution is 2.43. The molecule has 1 amide bonds. The van der Waals surface area contributed by atoms with Gasteiger partial charge in [0, 0.05) is 0 Å². The number of rotatable bonds is 5. The molecule has 1 saturated heterocycles. The summed E-state index contributed by atoms with van der Waals surface area (Å²) in [6.07, 6.45) is 0. The predicted octanol–water partition coefficient (Wildman–Crippen LogP) is 3.87. The molecule has 164 valence electrons. The van der Waals surface area contributed by atoms with Crippen LogP contribution in [0.2, 0.25) is 0 Å². The Morgan fingerprint density at radius 2 is 1.75 bits per heavy atom. The number of hydrogen-bond acceptors (Lipinski definition) is 7. The number of esters is 2. The van der Waals surface area contributed by atoms with E-state index in [1.54, 1.807) is 36.1 Å². The van der Waals surface area contributed by atoms with Crippen LogP contribution < -0.4 is 0 Å². The minimum Gasteiger partial charge on any atom is -0.465 e. The van der Waals surface area contributed by atoms with Gasteiger partial charge in [-0.1, -0.05) is 54.2 Å². The Bertz CT molecular complexity index is 1120. The van der Waals surface area contributed by atoms with E-state index in [9.17, 15) is 14.4 Å². The van der Waals surface area contributed by atoms with Crippen molar-refractivity contribution >= 4 is 34.8 Å². The number of hydrogen-bond donors (Lipinski definition) is 0. The fraction of sp³-hybridized carbons (Fsp3) is 0.250. The van der Waals surface area contributed by atoms with E-state index in [0.29, 0.717) is 27.6 Å². The molecule has 0 aliphatic carbocycles. The van der Waals surface area contributed by atoms with Crippen molar-refractivity contribution in [2.45, 2.75) is 31.7 Å². The number of thioether (sulfide) groups is 1. The summed E-state index contributed by atoms with van der Waals surface area (Å²) in [6.45, 7) is 3.67. The first-order valence-electron chi connectivity index (χ1n) is 10.1. The van der Waals surface area contributed by atoms with E-state index in [1.807, 2.05) is 37.3 Å². The zero-order chi connectivity index (χ0) is 22.8. The molecule has 0 aromatic heterocycles. The molecule has 2 heterocycles. The van der Waals surface area contributed by atoms with Gasteiger partial charge in [0.1, 0.15) is 6.61 Å². The summed E-state index contributed by atoms with van der Waals surface area (Å²) in [6, 6.07) is 15.4. The van der Waals surface area contributed by atoms with E-state index >= 15 is 0 Å². The summed E-state index contributed by atoms with van der Waals surface area (Å²) >= 11 is 1.36. The molecule has 2 aliphatic rings. The molecule has 1 fully saturated rings. The predicted molar refractivity (Wildman–Crippen MR) is 121 cm³/mol. The maximum atomic E-state index is 13.2. The zero-order valence-corrected chi connectivity index (χ0v) is 18.7. The molecule has 4 rings (SSSR count). The van der Waals surface area contributed by atoms with Gasteiger partial charge in [-0.25, -0.2) is 14.6 Å². The number of fused-ring (bicyclic) bond motifs is 1. The number of amidine groups is 1. The number of nitrogens with zero attached hydrogens (tertiary/aromatic N) is 2. The van der Waals surface area contributed by atoms with Crippen molar-refractivity contribution in [1.82, 2.24) is 4.90 Å². The van der Waals surface area contributed by atoms with Gasteiger partial charge in [0.2, 0.25) is 5.91 Å². The summed E-state index contributed by atoms with van der Waals surface area (Å²) in [5, 5.41) is 0.250. The second kappa shape index (κ2) is 9.00. The zero-order valence-electron chi connectivity index (χ0n) is 17.9. The lowest BCUT2D eigenvalue weighted by Gasteiger charge is -2.33. The van der Waals surface area contributed by atoms with Crippen LogP contribution >= 0.6 is 11.8 Å². The Hall–Kier alpha value is -3.39. The molecular formula is C24H22N2O5S. The molecule has 2 aliphatic heterocycles. The third-order valence-electron chi connectivity index (χ3n) is 5.34. The first-order chi connectivity index (χ1) is 15.4. The minimum atomic E-state index is -0.692. The van der Waals surface area contributed by atoms with E-state index in [4.69, 9.17) is 9.47 Å². The maximum Gasteiger partial charge on any atom is 0.338 e. The molecule has 0 bridgehead atoms. The molecule has 32 heavy (non-hydrogen) atoms. The molecule has 0 saturated carbocycles. The van der Waals surface area contributed by atoms with Crippen molar-refractivity contribution in [1.29, 1.82) is 0 Å². The molecule has 0 spiro atoms. The van der Waals surface area contributed by atoms with Crippen LogP contribution in [0.25, 0.3) is 0 Å². The van der Waals surface area contributed by atoms with E-state index in [0.717, 1.165) is 5.56 Å². The topological polar surface area (TPSA) is 85.3 Å². The second-order valence-corrected chi connectivity index (χ2v) is 8.75. The van der Waals surface area contributed by atoms with Gasteiger partial charge < -0.3 is 9.47 Å². The van der Waals surface area contributed by atoms with Gasteiger partial charge in [0.05, 0.1) is 35.2 Å². The molecule has 0 N–H and O–H groups in total. The molecule has 7 nitrogen and oxygen atoms in total. The molecule has 0 radical (unpaired) electrons. The number of amides is 1. The third-order valence-corrected chi connectivity index (χ3v) is 6.39. The van der Waals surface area contributed by atoms with Crippen molar-refractivity contribution < 1.29 is 23.9 Å². The Morgan fingerprint density at radius 3 is 2.41 bits per heavy atom. The number of carbonyl (C=O) groups excluding carboxylic acids is 3. The first kappa shape index (κ1) is 21.8. The molecule has 2 aromatic rings. The summed E-state index contributed by atoms with van der Waals surface area (Å²) in [4.78, 5) is 44.1. The van der Waals surface area contributed by atoms with Crippen LogP contribution in [0.5, 0.6) is 0 Å². The Balaban J connectivity index is 1.70. The Kier molecular flexibility index (Phi) is 6.14. The van der Waals surface area contributed by atoms with Gasteiger partial charge in [-0.3, -0.25) is 9.69 Å². The monoisotopic (exact) mass is 450 g/mol. The minimum absolute atomic E-state index is 0.111. The Labute approximate surface area is 190 Å². The second-order valence-electron chi connectivity index (χ2n) is 7.44. The van der Waals surface area contributed by atoms with Crippen LogP contribution in [0, 0.1) is 0 Å². The van der Waals surface area contributed by atoms with Crippen molar-refractivity contribution in [3.05, 3.63) is 82.6 Å². The third kappa shape index (κ3) is 4.05. The quantitative estimate of drug-likeness (QED) is 0.643. The first-order valence-corrected chi connectivity index (χ1v) is 11.0. The van der Waals surface area contributed by atoms with E-state index < -0.39 is 18.0 Å². The average molecular weight is 451 g/mol. The lowest BCUT2D eigenvalue weighted by atomic mass is 9.93. The summed E-state index contributed by atoms with van der Waals surface area (Å²) in [5.74, 6) is -1.12. The van der Waals surface area contributed by atoms with Crippen molar-refractivity contribution in [2.75, 3.05) is 7.11 Å². The van der Waals surface area contributed by atoms with Gasteiger partial charge in [0.25, 0.3) is 0 Å². The number of carbonyl (C=O) groups is 3. The Morgan fingerprint density at radius 1 is 1.06 bits per heavy atom. The standard InChI is InChI=1S/C24H22N2O5S/c1-14-19(23(29)31-13-16-7-5-4-6-8-16)20(26-21(27)15(2)32-24(26)25-14)17-9-11-18(12-10-17)22(28)30-3/h4-12,15,20H,13H2,1-3H3/t15-,20+/m0/s1. The number of methoxy groups -OCH3 is 1. The number of ether oxygens (including phenoxy) is 2. The molecule has 8 heteroatoms. The van der Waals surface area contributed by atoms with Crippen molar-refractivity contribution in [3.8, 4) is 0 Å². The fourth-order valence-corrected chi connectivity index (χ4v) is 4.73. The summed E-state index contributed by atoms with van der Waals surface area (Å²) < 4.78 is 10.4. The van der Waals surface area contributed by atoms with Crippen LogP contribution in [0.15, 0.2) is 70.9 Å². The SMILES string of the molecule is COC(=O)c1ccc([C@@H]2C(C(=O)OCc3ccccc3)=C(C)N=C3S[C@@H](C)C(=O)N32)cc1. The van der Waals surface area contributed by atoms with E-state index in [1.165, 1.54) is 18.9 Å². The smallest absolute Gasteiger partial charge is 0.338 e. The van der Waals surface area contributed by atoms with Crippen LogP contribution in [-0.2, 0) is 25.7 Å². The fourth-order valence-electron chi connectivity index (χ4n) is 3.70. The lowest BCUT2D eigenvalue weighted by molar-refractivity contribution is -0.141. The average Bonchev–Trinajstić information content (AvgIpc) is 3.09. The maximum absolute atomic E-state index is 13.2. The lowest BCUT2D eigenvalue weighted by Crippen LogP contribution is -2.40. The van der Waals surface area contributed by atoms with E-state index in [-0.39, 0.29) is 17.8 Å². The van der Waals surface area contributed by atoms with Gasteiger partial charge in [-0.15, -0.1) is 0 Å². The highest BCUT2D eigenvalue weighted by Gasteiger charge is 2.46. The molecular weight excluding hydrogens is 428 g/mol. The van der Waals surface area contributed by atoms with Crippen LogP contribution in [0.3, 0.4) is 0 Å².